The lowest BCUT2D eigenvalue weighted by molar-refractivity contribution is 0.114. The Morgan fingerprint density at radius 2 is 2.08 bits per heavy atom. The van der Waals surface area contributed by atoms with E-state index in [0.717, 1.165) is 44.8 Å². The summed E-state index contributed by atoms with van der Waals surface area (Å²) in [6.07, 6.45) is 3.36. The van der Waals surface area contributed by atoms with E-state index in [1.165, 1.54) is 11.8 Å². The molecule has 2 saturated heterocycles. The van der Waals surface area contributed by atoms with Gasteiger partial charge in [0.15, 0.2) is 0 Å². The fourth-order valence-corrected chi connectivity index (χ4v) is 4.96. The molecule has 3 rings (SSSR count). The Bertz CT molecular complexity index is 680. The molecule has 0 aromatic heterocycles. The third kappa shape index (κ3) is 4.53. The molecule has 0 spiro atoms. The largest absolute Gasteiger partial charge is 0.496 e. The van der Waals surface area contributed by atoms with Crippen LogP contribution in [0.25, 0.3) is 0 Å². The van der Waals surface area contributed by atoms with Crippen LogP contribution in [0.2, 0.25) is 0 Å². The zero-order valence-corrected chi connectivity index (χ0v) is 16.0. The molecule has 2 unspecified atom stereocenters. The van der Waals surface area contributed by atoms with E-state index in [2.05, 4.69) is 22.3 Å². The first-order chi connectivity index (χ1) is 12.0. The van der Waals surface area contributed by atoms with Crippen molar-refractivity contribution in [3.05, 3.63) is 29.8 Å². The van der Waals surface area contributed by atoms with Crippen LogP contribution >= 0.6 is 0 Å². The quantitative estimate of drug-likeness (QED) is 0.850. The number of para-hydroxylation sites is 1. The Morgan fingerprint density at radius 3 is 2.84 bits per heavy atom. The van der Waals surface area contributed by atoms with E-state index in [0.29, 0.717) is 19.0 Å². The molecule has 25 heavy (non-hydrogen) atoms. The van der Waals surface area contributed by atoms with Gasteiger partial charge in [-0.15, -0.1) is 0 Å². The van der Waals surface area contributed by atoms with Gasteiger partial charge in [-0.2, -0.15) is 0 Å². The van der Waals surface area contributed by atoms with Crippen LogP contribution in [0.4, 0.5) is 0 Å². The number of piperidine rings is 1. The van der Waals surface area contributed by atoms with E-state index in [1.807, 2.05) is 12.1 Å². The zero-order chi connectivity index (χ0) is 17.9. The Kier molecular flexibility index (Phi) is 5.99. The van der Waals surface area contributed by atoms with E-state index in [4.69, 9.17) is 4.74 Å². The summed E-state index contributed by atoms with van der Waals surface area (Å²) < 4.78 is 31.0. The van der Waals surface area contributed by atoms with Crippen molar-refractivity contribution < 1.29 is 13.2 Å². The molecule has 0 aliphatic carbocycles. The number of ether oxygens (including phenoxy) is 1. The Labute approximate surface area is 151 Å². The summed E-state index contributed by atoms with van der Waals surface area (Å²) in [4.78, 5) is 2.49. The molecule has 2 heterocycles. The number of rotatable bonds is 5. The van der Waals surface area contributed by atoms with Gasteiger partial charge in [-0.25, -0.2) is 12.7 Å². The van der Waals surface area contributed by atoms with Crippen LogP contribution in [0.1, 0.15) is 24.4 Å². The number of hydrogen-bond donors (Lipinski definition) is 1. The number of methoxy groups -OCH3 is 1. The van der Waals surface area contributed by atoms with Gasteiger partial charge in [0.25, 0.3) is 0 Å². The number of hydrogen-bond acceptors (Lipinski definition) is 5. The molecule has 0 saturated carbocycles. The minimum atomic E-state index is -3.09. The Balaban J connectivity index is 1.73. The molecular weight excluding hydrogens is 338 g/mol. The van der Waals surface area contributed by atoms with Crippen LogP contribution in [0.3, 0.4) is 0 Å². The summed E-state index contributed by atoms with van der Waals surface area (Å²) in [5.41, 5.74) is 1.20. The van der Waals surface area contributed by atoms with E-state index in [-0.39, 0.29) is 6.04 Å². The van der Waals surface area contributed by atoms with Gasteiger partial charge >= 0.3 is 0 Å². The third-order valence-electron chi connectivity index (χ3n) is 5.30. The summed E-state index contributed by atoms with van der Waals surface area (Å²) in [5.74, 6) is 1.31. The van der Waals surface area contributed by atoms with E-state index >= 15 is 0 Å². The van der Waals surface area contributed by atoms with E-state index in [9.17, 15) is 8.42 Å². The smallest absolute Gasteiger partial charge is 0.211 e. The van der Waals surface area contributed by atoms with Crippen LogP contribution < -0.4 is 10.1 Å². The van der Waals surface area contributed by atoms with Crippen molar-refractivity contribution >= 4 is 10.0 Å². The first-order valence-corrected chi connectivity index (χ1v) is 10.9. The summed E-state index contributed by atoms with van der Waals surface area (Å²) in [5, 5.41) is 3.48. The van der Waals surface area contributed by atoms with Crippen molar-refractivity contribution in [2.24, 2.45) is 5.92 Å². The van der Waals surface area contributed by atoms with Crippen molar-refractivity contribution in [2.45, 2.75) is 18.9 Å². The van der Waals surface area contributed by atoms with Crippen molar-refractivity contribution in [3.8, 4) is 5.75 Å². The monoisotopic (exact) mass is 367 g/mol. The van der Waals surface area contributed by atoms with Crippen molar-refractivity contribution in [2.75, 3.05) is 52.6 Å². The van der Waals surface area contributed by atoms with Gasteiger partial charge in [0.2, 0.25) is 10.0 Å². The highest BCUT2D eigenvalue weighted by molar-refractivity contribution is 7.88. The second-order valence-corrected chi connectivity index (χ2v) is 9.07. The normalized spacial score (nSPS) is 26.5. The van der Waals surface area contributed by atoms with E-state index < -0.39 is 10.0 Å². The summed E-state index contributed by atoms with van der Waals surface area (Å²) in [7, 11) is -1.38. The Morgan fingerprint density at radius 1 is 1.28 bits per heavy atom. The minimum Gasteiger partial charge on any atom is -0.496 e. The van der Waals surface area contributed by atoms with Gasteiger partial charge in [-0.3, -0.25) is 4.90 Å². The number of sulfonamides is 1. The summed E-state index contributed by atoms with van der Waals surface area (Å²) in [6.45, 7) is 5.06. The minimum absolute atomic E-state index is 0.263. The van der Waals surface area contributed by atoms with Gasteiger partial charge < -0.3 is 10.1 Å². The molecule has 0 amide bonds. The highest BCUT2D eigenvalue weighted by Gasteiger charge is 2.31. The average molecular weight is 368 g/mol. The van der Waals surface area contributed by atoms with Crippen molar-refractivity contribution in [1.29, 1.82) is 0 Å². The molecule has 0 radical (unpaired) electrons. The zero-order valence-electron chi connectivity index (χ0n) is 15.1. The molecule has 1 N–H and O–H groups in total. The van der Waals surface area contributed by atoms with Gasteiger partial charge in [0, 0.05) is 44.8 Å². The number of benzene rings is 1. The maximum atomic E-state index is 11.9. The van der Waals surface area contributed by atoms with Crippen LogP contribution in [0, 0.1) is 5.92 Å². The first-order valence-electron chi connectivity index (χ1n) is 9.02. The molecule has 2 atom stereocenters. The molecule has 6 nitrogen and oxygen atoms in total. The highest BCUT2D eigenvalue weighted by Crippen LogP contribution is 2.31. The average Bonchev–Trinajstić information content (AvgIpc) is 2.62. The molecular formula is C18H29N3O3S. The molecule has 7 heteroatoms. The lowest BCUT2D eigenvalue weighted by Gasteiger charge is -2.41. The molecule has 140 valence electrons. The van der Waals surface area contributed by atoms with Gasteiger partial charge in [0.05, 0.1) is 19.4 Å². The standard InChI is InChI=1S/C18H29N3O3S/c1-24-18-8-4-3-7-16(18)17-12-19-9-11-20(17)13-15-6-5-10-21(14-15)25(2,22)23/h3-4,7-8,15,17,19H,5-6,9-14H2,1-2H3. The highest BCUT2D eigenvalue weighted by atomic mass is 32.2. The number of nitrogens with one attached hydrogen (secondary N) is 1. The van der Waals surface area contributed by atoms with Crippen molar-refractivity contribution in [3.63, 3.8) is 0 Å². The lowest BCUT2D eigenvalue weighted by atomic mass is 9.95. The van der Waals surface area contributed by atoms with Crippen LogP contribution in [0.5, 0.6) is 5.75 Å². The van der Waals surface area contributed by atoms with Gasteiger partial charge in [-0.1, -0.05) is 18.2 Å². The van der Waals surface area contributed by atoms with Gasteiger partial charge in [0.1, 0.15) is 5.75 Å². The third-order valence-corrected chi connectivity index (χ3v) is 6.57. The first kappa shape index (κ1) is 18.6. The fraction of sp³-hybridized carbons (Fsp3) is 0.667. The lowest BCUT2D eigenvalue weighted by Crippen LogP contribution is -2.50. The van der Waals surface area contributed by atoms with Gasteiger partial charge in [-0.05, 0) is 24.8 Å². The van der Waals surface area contributed by atoms with Crippen LogP contribution in [-0.4, -0.2) is 70.3 Å². The predicted molar refractivity (Wildman–Crippen MR) is 99.3 cm³/mol. The molecule has 2 aliphatic rings. The second-order valence-electron chi connectivity index (χ2n) is 7.09. The van der Waals surface area contributed by atoms with Crippen LogP contribution in [0.15, 0.2) is 24.3 Å². The molecule has 1 aromatic rings. The molecule has 2 aliphatic heterocycles. The summed E-state index contributed by atoms with van der Waals surface area (Å²) in [6, 6.07) is 8.45. The molecule has 2 fully saturated rings. The number of nitrogens with zero attached hydrogens (tertiary/aromatic N) is 2. The van der Waals surface area contributed by atoms with E-state index in [1.54, 1.807) is 11.4 Å². The number of piperazine rings is 1. The topological polar surface area (TPSA) is 61.9 Å². The molecule has 1 aromatic carbocycles. The Hall–Kier alpha value is -1.15. The maximum Gasteiger partial charge on any atom is 0.211 e. The predicted octanol–water partition coefficient (Wildman–Crippen LogP) is 1.31. The molecule has 0 bridgehead atoms. The fourth-order valence-electron chi connectivity index (χ4n) is 4.02. The summed E-state index contributed by atoms with van der Waals surface area (Å²) >= 11 is 0. The SMILES string of the molecule is COc1ccccc1C1CNCCN1CC1CCCN(S(C)(=O)=O)C1. The van der Waals surface area contributed by atoms with Crippen molar-refractivity contribution in [1.82, 2.24) is 14.5 Å². The second kappa shape index (κ2) is 8.03. The van der Waals surface area contributed by atoms with Crippen LogP contribution in [-0.2, 0) is 10.0 Å². The maximum absolute atomic E-state index is 11.9.